The molecule has 0 aromatic heterocycles. The van der Waals surface area contributed by atoms with E-state index in [0.717, 1.165) is 32.2 Å². The molecule has 0 aromatic carbocycles. The summed E-state index contributed by atoms with van der Waals surface area (Å²) in [6, 6.07) is -0.580. The minimum atomic E-state index is -0.307. The Labute approximate surface area is 119 Å². The molecule has 2 atom stereocenters. The molecule has 0 aromatic rings. The summed E-state index contributed by atoms with van der Waals surface area (Å²) in [7, 11) is 0. The molecule has 1 N–H and O–H groups in total. The monoisotopic (exact) mass is 284 g/mol. The molecule has 4 nitrogen and oxygen atoms in total. The predicted molar refractivity (Wildman–Crippen MR) is 78.1 cm³/mol. The zero-order valence-electron chi connectivity index (χ0n) is 12.1. The molecule has 5 heteroatoms. The fraction of sp³-hybridized carbons (Fsp3) is 0.857. The second kappa shape index (κ2) is 5.73. The third-order valence-electron chi connectivity index (χ3n) is 4.24. The number of nitrogens with one attached hydrogen (secondary N) is 1. The van der Waals surface area contributed by atoms with E-state index < -0.39 is 0 Å². The second-order valence-corrected chi connectivity index (χ2v) is 6.90. The summed E-state index contributed by atoms with van der Waals surface area (Å²) < 4.78 is 0.220. The summed E-state index contributed by atoms with van der Waals surface area (Å²) in [5.41, 5.74) is 0. The molecule has 0 bridgehead atoms. The normalized spacial score (nSPS) is 29.3. The van der Waals surface area contributed by atoms with Gasteiger partial charge in [-0.25, -0.2) is 0 Å². The van der Waals surface area contributed by atoms with Gasteiger partial charge < -0.3 is 10.2 Å². The molecule has 2 fully saturated rings. The minimum Gasteiger partial charge on any atom is -0.343 e. The van der Waals surface area contributed by atoms with E-state index in [1.807, 2.05) is 30.5 Å². The van der Waals surface area contributed by atoms with Crippen LogP contribution in [0.4, 0.5) is 0 Å². The number of nitrogens with zero attached hydrogens (tertiary/aromatic N) is 1. The number of thioether (sulfide) groups is 1. The molecule has 1 heterocycles. The summed E-state index contributed by atoms with van der Waals surface area (Å²) in [6.07, 6.45) is 6.77. The molecule has 1 aliphatic heterocycles. The highest BCUT2D eigenvalue weighted by Gasteiger charge is 2.48. The second-order valence-electron chi connectivity index (χ2n) is 5.63. The third-order valence-corrected chi connectivity index (χ3v) is 5.64. The van der Waals surface area contributed by atoms with E-state index in [0.29, 0.717) is 6.42 Å². The van der Waals surface area contributed by atoms with Crippen molar-refractivity contribution in [2.75, 3.05) is 12.8 Å². The van der Waals surface area contributed by atoms with Gasteiger partial charge in [0.2, 0.25) is 11.8 Å². The maximum atomic E-state index is 12.6. The number of amides is 2. The average Bonchev–Trinajstić information content (AvgIpc) is 3.16. The van der Waals surface area contributed by atoms with E-state index in [9.17, 15) is 9.59 Å². The first-order valence-electron chi connectivity index (χ1n) is 7.23. The van der Waals surface area contributed by atoms with Crippen LogP contribution in [0.15, 0.2) is 0 Å². The van der Waals surface area contributed by atoms with Gasteiger partial charge in [-0.2, -0.15) is 11.8 Å². The van der Waals surface area contributed by atoms with E-state index >= 15 is 0 Å². The van der Waals surface area contributed by atoms with E-state index in [1.165, 1.54) is 0 Å². The Morgan fingerprint density at radius 2 is 2.05 bits per heavy atom. The summed E-state index contributed by atoms with van der Waals surface area (Å²) in [4.78, 5) is 26.6. The van der Waals surface area contributed by atoms with Crippen molar-refractivity contribution in [1.82, 2.24) is 10.2 Å². The zero-order chi connectivity index (χ0) is 14.0. The predicted octanol–water partition coefficient (Wildman–Crippen LogP) is 1.79. The highest BCUT2D eigenvalue weighted by atomic mass is 32.2. The molecule has 1 saturated heterocycles. The van der Waals surface area contributed by atoms with Crippen LogP contribution in [0.2, 0.25) is 0 Å². The molecular weight excluding hydrogens is 260 g/mol. The number of rotatable bonds is 6. The van der Waals surface area contributed by atoms with Gasteiger partial charge in [0, 0.05) is 11.3 Å². The lowest BCUT2D eigenvalue weighted by Crippen LogP contribution is -2.64. The third kappa shape index (κ3) is 2.91. The fourth-order valence-electron chi connectivity index (χ4n) is 2.78. The first-order valence-corrected chi connectivity index (χ1v) is 8.45. The molecular formula is C14H24N2O2S. The molecule has 0 radical (unpaired) electrons. The molecule has 2 rings (SSSR count). The maximum absolute atomic E-state index is 12.6. The van der Waals surface area contributed by atoms with Crippen molar-refractivity contribution in [1.29, 1.82) is 0 Å². The van der Waals surface area contributed by atoms with E-state index in [-0.39, 0.29) is 28.6 Å². The van der Waals surface area contributed by atoms with Crippen LogP contribution in [-0.4, -0.2) is 46.3 Å². The SMILES string of the molecule is CCCC1NC(=O)C(CC)N(CC2(SC)CC2)C1=O. The van der Waals surface area contributed by atoms with Gasteiger partial charge in [0.15, 0.2) is 0 Å². The lowest BCUT2D eigenvalue weighted by Gasteiger charge is -2.40. The van der Waals surface area contributed by atoms with Crippen molar-refractivity contribution in [3.8, 4) is 0 Å². The summed E-state index contributed by atoms with van der Waals surface area (Å²) >= 11 is 1.84. The number of hydrogen-bond donors (Lipinski definition) is 1. The van der Waals surface area contributed by atoms with Gasteiger partial charge in [-0.3, -0.25) is 9.59 Å². The fourth-order valence-corrected chi connectivity index (χ4v) is 3.56. The molecule has 0 spiro atoms. The highest BCUT2D eigenvalue weighted by molar-refractivity contribution is 8.00. The van der Waals surface area contributed by atoms with E-state index in [2.05, 4.69) is 11.6 Å². The average molecular weight is 284 g/mol. The van der Waals surface area contributed by atoms with Crippen molar-refractivity contribution < 1.29 is 9.59 Å². The summed E-state index contributed by atoms with van der Waals surface area (Å²) in [5, 5.41) is 2.89. The Bertz CT molecular complexity index is 368. The van der Waals surface area contributed by atoms with Gasteiger partial charge in [-0.1, -0.05) is 20.3 Å². The van der Waals surface area contributed by atoms with Crippen LogP contribution >= 0.6 is 11.8 Å². The zero-order valence-corrected chi connectivity index (χ0v) is 12.9. The van der Waals surface area contributed by atoms with Crippen LogP contribution in [-0.2, 0) is 9.59 Å². The topological polar surface area (TPSA) is 49.4 Å². The number of hydrogen-bond acceptors (Lipinski definition) is 3. The molecule has 2 aliphatic rings. The van der Waals surface area contributed by atoms with Crippen LogP contribution in [0.5, 0.6) is 0 Å². The van der Waals surface area contributed by atoms with E-state index in [1.54, 1.807) is 0 Å². The van der Waals surface area contributed by atoms with Crippen LogP contribution < -0.4 is 5.32 Å². The standard InChI is InChI=1S/C14H24N2O2S/c1-4-6-10-13(18)16(9-14(19-3)7-8-14)11(5-2)12(17)15-10/h10-11H,4-9H2,1-3H3,(H,15,17). The molecule has 1 aliphatic carbocycles. The van der Waals surface area contributed by atoms with Crippen molar-refractivity contribution in [3.05, 3.63) is 0 Å². The Morgan fingerprint density at radius 3 is 2.53 bits per heavy atom. The molecule has 1 saturated carbocycles. The summed E-state index contributed by atoms with van der Waals surface area (Å²) in [6.45, 7) is 4.75. The van der Waals surface area contributed by atoms with Gasteiger partial charge in [0.25, 0.3) is 0 Å². The van der Waals surface area contributed by atoms with Gasteiger partial charge in [0.05, 0.1) is 0 Å². The van der Waals surface area contributed by atoms with Crippen molar-refractivity contribution in [3.63, 3.8) is 0 Å². The van der Waals surface area contributed by atoms with Crippen molar-refractivity contribution in [2.24, 2.45) is 0 Å². The molecule has 2 unspecified atom stereocenters. The quantitative estimate of drug-likeness (QED) is 0.809. The van der Waals surface area contributed by atoms with Gasteiger partial charge in [-0.15, -0.1) is 0 Å². The maximum Gasteiger partial charge on any atom is 0.245 e. The number of carbonyl (C=O) groups excluding carboxylic acids is 2. The van der Waals surface area contributed by atoms with Crippen LogP contribution in [0.3, 0.4) is 0 Å². The minimum absolute atomic E-state index is 0.0254. The van der Waals surface area contributed by atoms with Crippen LogP contribution in [0.1, 0.15) is 46.0 Å². The number of carbonyl (C=O) groups is 2. The van der Waals surface area contributed by atoms with Crippen molar-refractivity contribution in [2.45, 2.75) is 62.8 Å². The van der Waals surface area contributed by atoms with Gasteiger partial charge in [-0.05, 0) is 31.9 Å². The number of piperazine rings is 1. The molecule has 108 valence electrons. The highest BCUT2D eigenvalue weighted by Crippen LogP contribution is 2.48. The van der Waals surface area contributed by atoms with Gasteiger partial charge in [0.1, 0.15) is 12.1 Å². The first-order chi connectivity index (χ1) is 9.06. The molecule has 19 heavy (non-hydrogen) atoms. The lowest BCUT2D eigenvalue weighted by molar-refractivity contribution is -0.149. The van der Waals surface area contributed by atoms with Crippen molar-refractivity contribution >= 4 is 23.6 Å². The van der Waals surface area contributed by atoms with Gasteiger partial charge >= 0.3 is 0 Å². The smallest absolute Gasteiger partial charge is 0.245 e. The molecule has 2 amide bonds. The Balaban J connectivity index is 2.14. The largest absolute Gasteiger partial charge is 0.343 e. The lowest BCUT2D eigenvalue weighted by atomic mass is 10.0. The van der Waals surface area contributed by atoms with Crippen LogP contribution in [0, 0.1) is 0 Å². The van der Waals surface area contributed by atoms with E-state index in [4.69, 9.17) is 0 Å². The Kier molecular flexibility index (Phi) is 4.43. The Hall–Kier alpha value is -0.710. The van der Waals surface area contributed by atoms with Crippen LogP contribution in [0.25, 0.3) is 0 Å². The Morgan fingerprint density at radius 1 is 1.37 bits per heavy atom. The summed E-state index contributed by atoms with van der Waals surface area (Å²) in [5.74, 6) is 0.145. The first kappa shape index (κ1) is 14.7.